The lowest BCUT2D eigenvalue weighted by atomic mass is 10.0. The third-order valence-electron chi connectivity index (χ3n) is 4.75. The summed E-state index contributed by atoms with van der Waals surface area (Å²) in [6, 6.07) is 14.4. The minimum absolute atomic E-state index is 0.0341. The molecule has 1 heterocycles. The van der Waals surface area contributed by atoms with Crippen LogP contribution in [-0.2, 0) is 0 Å². The van der Waals surface area contributed by atoms with Crippen LogP contribution in [0.3, 0.4) is 0 Å². The summed E-state index contributed by atoms with van der Waals surface area (Å²) in [7, 11) is 0. The Balaban J connectivity index is 1.55. The highest BCUT2D eigenvalue weighted by Crippen LogP contribution is 2.38. The van der Waals surface area contributed by atoms with E-state index in [9.17, 15) is 14.0 Å². The molecule has 1 aliphatic rings. The summed E-state index contributed by atoms with van der Waals surface area (Å²) in [5, 5.41) is 0.173. The Kier molecular flexibility index (Phi) is 5.94. The molecule has 7 heteroatoms. The van der Waals surface area contributed by atoms with Crippen LogP contribution in [0.25, 0.3) is 6.08 Å². The predicted molar refractivity (Wildman–Crippen MR) is 119 cm³/mol. The van der Waals surface area contributed by atoms with Gasteiger partial charge in [0.1, 0.15) is 17.3 Å². The van der Waals surface area contributed by atoms with E-state index < -0.39 is 5.82 Å². The summed E-state index contributed by atoms with van der Waals surface area (Å²) in [4.78, 5) is 25.1. The van der Waals surface area contributed by atoms with Gasteiger partial charge < -0.3 is 9.47 Å². The first kappa shape index (κ1) is 21.3. The Morgan fingerprint density at radius 2 is 1.94 bits per heavy atom. The summed E-state index contributed by atoms with van der Waals surface area (Å²) in [6.45, 7) is 1.57. The normalized spacial score (nSPS) is 13.8. The van der Waals surface area contributed by atoms with Gasteiger partial charge in [-0.15, -0.1) is 0 Å². The number of halogens is 3. The van der Waals surface area contributed by atoms with Gasteiger partial charge in [0.15, 0.2) is 18.1 Å². The van der Waals surface area contributed by atoms with E-state index in [0.29, 0.717) is 22.4 Å². The standard InChI is InChI=1S/C24H15BrClFO4/c1-13-9-16(30-12-20(28)14-5-7-15(25)8-6-14)10-21-23(13)24(29)22(31-21)11-17-18(26)3-2-4-19(17)27/h2-11H,12H2,1H3/b22-11-. The van der Waals surface area contributed by atoms with Crippen LogP contribution in [0.2, 0.25) is 5.02 Å². The van der Waals surface area contributed by atoms with Crippen molar-refractivity contribution in [3.63, 3.8) is 0 Å². The van der Waals surface area contributed by atoms with Gasteiger partial charge in [0.05, 0.1) is 10.6 Å². The molecule has 0 amide bonds. The largest absolute Gasteiger partial charge is 0.485 e. The van der Waals surface area contributed by atoms with E-state index in [0.717, 1.165) is 4.47 Å². The molecule has 4 rings (SSSR count). The topological polar surface area (TPSA) is 52.6 Å². The second-order valence-corrected chi connectivity index (χ2v) is 8.23. The van der Waals surface area contributed by atoms with Crippen molar-refractivity contribution in [1.82, 2.24) is 0 Å². The minimum Gasteiger partial charge on any atom is -0.485 e. The zero-order valence-corrected chi connectivity index (χ0v) is 18.6. The molecular formula is C24H15BrClFO4. The van der Waals surface area contributed by atoms with Crippen LogP contribution in [-0.4, -0.2) is 18.2 Å². The monoisotopic (exact) mass is 500 g/mol. The van der Waals surface area contributed by atoms with Gasteiger partial charge in [-0.25, -0.2) is 4.39 Å². The number of benzene rings is 3. The lowest BCUT2D eigenvalue weighted by Gasteiger charge is -2.09. The SMILES string of the molecule is Cc1cc(OCC(=O)c2ccc(Br)cc2)cc2c1C(=O)/C(=C/c1c(F)cccc1Cl)O2. The first-order valence-electron chi connectivity index (χ1n) is 9.28. The molecule has 0 atom stereocenters. The van der Waals surface area contributed by atoms with Gasteiger partial charge in [-0.2, -0.15) is 0 Å². The number of rotatable bonds is 5. The second-order valence-electron chi connectivity index (χ2n) is 6.91. The van der Waals surface area contributed by atoms with Gasteiger partial charge >= 0.3 is 0 Å². The molecule has 0 spiro atoms. The lowest BCUT2D eigenvalue weighted by molar-refractivity contribution is 0.0920. The summed E-state index contributed by atoms with van der Waals surface area (Å²) in [6.07, 6.45) is 1.29. The first-order chi connectivity index (χ1) is 14.8. The van der Waals surface area contributed by atoms with Crippen LogP contribution in [0.15, 0.2) is 64.8 Å². The third-order valence-corrected chi connectivity index (χ3v) is 5.61. The number of carbonyl (C=O) groups is 2. The number of fused-ring (bicyclic) bond motifs is 1. The predicted octanol–water partition coefficient (Wildman–Crippen LogP) is 6.43. The number of Topliss-reactive ketones (excluding diaryl/α,β-unsaturated/α-hetero) is 2. The molecule has 31 heavy (non-hydrogen) atoms. The third kappa shape index (κ3) is 4.40. The highest BCUT2D eigenvalue weighted by Gasteiger charge is 2.30. The maximum atomic E-state index is 14.1. The van der Waals surface area contributed by atoms with Gasteiger partial charge in [-0.05, 0) is 48.9 Å². The van der Waals surface area contributed by atoms with Gasteiger partial charge in [-0.1, -0.05) is 45.7 Å². The van der Waals surface area contributed by atoms with E-state index in [4.69, 9.17) is 21.1 Å². The number of ether oxygens (including phenoxy) is 2. The lowest BCUT2D eigenvalue weighted by Crippen LogP contribution is -2.11. The van der Waals surface area contributed by atoms with E-state index in [1.54, 1.807) is 43.3 Å². The van der Waals surface area contributed by atoms with Gasteiger partial charge in [-0.3, -0.25) is 9.59 Å². The van der Waals surface area contributed by atoms with Crippen molar-refractivity contribution >= 4 is 45.2 Å². The Morgan fingerprint density at radius 1 is 1.19 bits per heavy atom. The summed E-state index contributed by atoms with van der Waals surface area (Å²) < 4.78 is 26.3. The number of aryl methyl sites for hydroxylation is 1. The molecule has 0 unspecified atom stereocenters. The van der Waals surface area contributed by atoms with Crippen molar-refractivity contribution in [1.29, 1.82) is 0 Å². The van der Waals surface area contributed by atoms with Crippen molar-refractivity contribution in [2.45, 2.75) is 6.92 Å². The van der Waals surface area contributed by atoms with Crippen LogP contribution in [0.4, 0.5) is 4.39 Å². The highest BCUT2D eigenvalue weighted by molar-refractivity contribution is 9.10. The number of carbonyl (C=O) groups excluding carboxylic acids is 2. The van der Waals surface area contributed by atoms with Crippen LogP contribution < -0.4 is 9.47 Å². The van der Waals surface area contributed by atoms with Crippen LogP contribution in [0.1, 0.15) is 31.8 Å². The number of allylic oxidation sites excluding steroid dienone is 1. The van der Waals surface area contributed by atoms with Crippen molar-refractivity contribution in [3.8, 4) is 11.5 Å². The Labute approximate surface area is 191 Å². The van der Waals surface area contributed by atoms with Crippen LogP contribution >= 0.6 is 27.5 Å². The van der Waals surface area contributed by atoms with Crippen molar-refractivity contribution in [2.75, 3.05) is 6.61 Å². The molecule has 0 saturated carbocycles. The van der Waals surface area contributed by atoms with E-state index in [1.165, 1.54) is 24.3 Å². The highest BCUT2D eigenvalue weighted by atomic mass is 79.9. The van der Waals surface area contributed by atoms with Crippen LogP contribution in [0.5, 0.6) is 11.5 Å². The van der Waals surface area contributed by atoms with E-state index in [2.05, 4.69) is 15.9 Å². The quantitative estimate of drug-likeness (QED) is 0.299. The molecule has 0 aliphatic carbocycles. The molecule has 0 N–H and O–H groups in total. The zero-order chi connectivity index (χ0) is 22.1. The Morgan fingerprint density at radius 3 is 2.65 bits per heavy atom. The molecule has 0 radical (unpaired) electrons. The van der Waals surface area contributed by atoms with Gasteiger partial charge in [0.25, 0.3) is 0 Å². The molecule has 0 aromatic heterocycles. The maximum Gasteiger partial charge on any atom is 0.232 e. The van der Waals surface area contributed by atoms with Crippen molar-refractivity contribution in [3.05, 3.63) is 97.9 Å². The summed E-state index contributed by atoms with van der Waals surface area (Å²) >= 11 is 9.38. The fourth-order valence-electron chi connectivity index (χ4n) is 3.21. The molecule has 0 saturated heterocycles. The number of ketones is 2. The molecule has 3 aromatic rings. The smallest absolute Gasteiger partial charge is 0.232 e. The van der Waals surface area contributed by atoms with E-state index in [1.807, 2.05) is 0 Å². The van der Waals surface area contributed by atoms with Crippen molar-refractivity contribution < 1.29 is 23.5 Å². The molecule has 4 nitrogen and oxygen atoms in total. The Bertz CT molecular complexity index is 1210. The molecule has 0 bridgehead atoms. The fourth-order valence-corrected chi connectivity index (χ4v) is 3.69. The molecule has 0 fully saturated rings. The average molecular weight is 502 g/mol. The fraction of sp³-hybridized carbons (Fsp3) is 0.0833. The molecular weight excluding hydrogens is 487 g/mol. The first-order valence-corrected chi connectivity index (χ1v) is 10.4. The zero-order valence-electron chi connectivity index (χ0n) is 16.2. The maximum absolute atomic E-state index is 14.1. The van der Waals surface area contributed by atoms with Gasteiger partial charge in [0, 0.05) is 21.7 Å². The van der Waals surface area contributed by atoms with Gasteiger partial charge in [0.2, 0.25) is 5.78 Å². The number of hydrogen-bond acceptors (Lipinski definition) is 4. The van der Waals surface area contributed by atoms with Crippen molar-refractivity contribution in [2.24, 2.45) is 0 Å². The Hall–Kier alpha value is -2.96. The summed E-state index contributed by atoms with van der Waals surface area (Å²) in [5.74, 6) is -0.469. The van der Waals surface area contributed by atoms with Crippen LogP contribution in [0, 0.1) is 12.7 Å². The van der Waals surface area contributed by atoms with E-state index >= 15 is 0 Å². The minimum atomic E-state index is -0.556. The molecule has 3 aromatic carbocycles. The second kappa shape index (κ2) is 8.65. The number of hydrogen-bond donors (Lipinski definition) is 0. The molecule has 1 aliphatic heterocycles. The molecule has 156 valence electrons. The van der Waals surface area contributed by atoms with E-state index in [-0.39, 0.29) is 40.3 Å². The summed E-state index contributed by atoms with van der Waals surface area (Å²) in [5.41, 5.74) is 1.59. The average Bonchev–Trinajstić information content (AvgIpc) is 3.05.